The normalized spacial score (nSPS) is 16.7. The highest BCUT2D eigenvalue weighted by atomic mass is 32.1. The molecule has 162 valence electrons. The molecule has 31 heavy (non-hydrogen) atoms. The molecule has 1 saturated heterocycles. The zero-order valence-corrected chi connectivity index (χ0v) is 18.1. The van der Waals surface area contributed by atoms with Gasteiger partial charge in [0.15, 0.2) is 0 Å². The monoisotopic (exact) mass is 441 g/mol. The average molecular weight is 442 g/mol. The first-order chi connectivity index (χ1) is 15.0. The summed E-state index contributed by atoms with van der Waals surface area (Å²) in [5.74, 6) is -2.43. The van der Waals surface area contributed by atoms with Crippen molar-refractivity contribution in [1.29, 1.82) is 0 Å². The molecule has 2 atom stereocenters. The Balaban J connectivity index is 1.49. The number of hydrogen-bond donors (Lipinski definition) is 1. The predicted molar refractivity (Wildman–Crippen MR) is 121 cm³/mol. The number of anilines is 1. The second-order valence-electron chi connectivity index (χ2n) is 7.68. The number of amides is 1. The van der Waals surface area contributed by atoms with E-state index >= 15 is 0 Å². The fourth-order valence-corrected chi connectivity index (χ4v) is 5.14. The number of carbonyl (C=O) groups excluding carboxylic acids is 1. The van der Waals surface area contributed by atoms with Gasteiger partial charge in [-0.3, -0.25) is 9.69 Å². The summed E-state index contributed by atoms with van der Waals surface area (Å²) in [5, 5.41) is 4.85. The number of nitrogens with zero attached hydrogens (tertiary/aromatic N) is 2. The minimum atomic E-state index is -0.853. The molecule has 4 rings (SSSR count). The molecule has 1 fully saturated rings. The van der Waals surface area contributed by atoms with E-state index in [0.717, 1.165) is 43.2 Å². The van der Waals surface area contributed by atoms with E-state index in [1.807, 2.05) is 42.6 Å². The lowest BCUT2D eigenvalue weighted by Gasteiger charge is -2.42. The first-order valence-corrected chi connectivity index (χ1v) is 11.2. The third kappa shape index (κ3) is 4.78. The molecule has 0 aliphatic carbocycles. The summed E-state index contributed by atoms with van der Waals surface area (Å²) in [6.45, 7) is 5.28. The summed E-state index contributed by atoms with van der Waals surface area (Å²) in [4.78, 5) is 18.5. The van der Waals surface area contributed by atoms with Crippen LogP contribution >= 0.6 is 11.3 Å². The van der Waals surface area contributed by atoms with Crippen LogP contribution in [0, 0.1) is 11.6 Å². The minimum absolute atomic E-state index is 0.0725. The fourth-order valence-electron chi connectivity index (χ4n) is 4.17. The molecule has 1 aliphatic rings. The molecular weight excluding hydrogens is 416 g/mol. The average Bonchev–Trinajstić information content (AvgIpc) is 3.29. The SMILES string of the molecule is C[C@H](NC(=O)c1c(F)cccc1F)[C@@H](c1cccs1)N1CCN(c2ccccc2)CC1. The van der Waals surface area contributed by atoms with E-state index in [-0.39, 0.29) is 12.1 Å². The van der Waals surface area contributed by atoms with Crippen molar-refractivity contribution in [1.82, 2.24) is 10.2 Å². The highest BCUT2D eigenvalue weighted by Crippen LogP contribution is 2.30. The van der Waals surface area contributed by atoms with E-state index in [1.165, 1.54) is 11.8 Å². The topological polar surface area (TPSA) is 35.6 Å². The van der Waals surface area contributed by atoms with Crippen molar-refractivity contribution in [2.75, 3.05) is 31.1 Å². The van der Waals surface area contributed by atoms with Crippen molar-refractivity contribution in [3.8, 4) is 0 Å². The van der Waals surface area contributed by atoms with Gasteiger partial charge in [-0.15, -0.1) is 11.3 Å². The lowest BCUT2D eigenvalue weighted by Crippen LogP contribution is -2.52. The Labute approximate surface area is 185 Å². The first-order valence-electron chi connectivity index (χ1n) is 10.4. The summed E-state index contributed by atoms with van der Waals surface area (Å²) in [6, 6.07) is 17.4. The molecule has 1 aliphatic heterocycles. The molecule has 4 nitrogen and oxygen atoms in total. The smallest absolute Gasteiger partial charge is 0.257 e. The van der Waals surface area contributed by atoms with Gasteiger partial charge in [0, 0.05) is 42.8 Å². The highest BCUT2D eigenvalue weighted by Gasteiger charge is 2.32. The molecule has 7 heteroatoms. The van der Waals surface area contributed by atoms with E-state index in [0.29, 0.717) is 0 Å². The third-order valence-electron chi connectivity index (χ3n) is 5.69. The molecule has 0 spiro atoms. The molecule has 0 bridgehead atoms. The summed E-state index contributed by atoms with van der Waals surface area (Å²) in [6.07, 6.45) is 0. The summed E-state index contributed by atoms with van der Waals surface area (Å²) >= 11 is 1.62. The second-order valence-corrected chi connectivity index (χ2v) is 8.66. The molecule has 0 unspecified atom stereocenters. The van der Waals surface area contributed by atoms with Crippen molar-refractivity contribution >= 4 is 22.9 Å². The fraction of sp³-hybridized carbons (Fsp3) is 0.292. The van der Waals surface area contributed by atoms with Crippen molar-refractivity contribution in [2.45, 2.75) is 19.0 Å². The van der Waals surface area contributed by atoms with Crippen molar-refractivity contribution in [2.24, 2.45) is 0 Å². The lowest BCUT2D eigenvalue weighted by molar-refractivity contribution is 0.0882. The molecular formula is C24H25F2N3OS. The Morgan fingerprint density at radius 2 is 1.61 bits per heavy atom. The zero-order chi connectivity index (χ0) is 21.8. The number of carbonyl (C=O) groups is 1. The van der Waals surface area contributed by atoms with Crippen molar-refractivity contribution < 1.29 is 13.6 Å². The first kappa shape index (κ1) is 21.5. The van der Waals surface area contributed by atoms with Crippen LogP contribution in [0.15, 0.2) is 66.0 Å². The van der Waals surface area contributed by atoms with Crippen LogP contribution in [0.2, 0.25) is 0 Å². The van der Waals surface area contributed by atoms with Gasteiger partial charge < -0.3 is 10.2 Å². The minimum Gasteiger partial charge on any atom is -0.369 e. The maximum Gasteiger partial charge on any atom is 0.257 e. The maximum absolute atomic E-state index is 14.1. The number of nitrogens with one attached hydrogen (secondary N) is 1. The zero-order valence-electron chi connectivity index (χ0n) is 17.3. The molecule has 1 aromatic heterocycles. The van der Waals surface area contributed by atoms with Gasteiger partial charge in [-0.2, -0.15) is 0 Å². The largest absolute Gasteiger partial charge is 0.369 e. The number of benzene rings is 2. The van der Waals surface area contributed by atoms with Crippen LogP contribution in [0.3, 0.4) is 0 Å². The molecule has 1 N–H and O–H groups in total. The quantitative estimate of drug-likeness (QED) is 0.602. The van der Waals surface area contributed by atoms with E-state index in [1.54, 1.807) is 11.3 Å². The van der Waals surface area contributed by atoms with Gasteiger partial charge in [0.1, 0.15) is 17.2 Å². The Morgan fingerprint density at radius 1 is 0.935 bits per heavy atom. The van der Waals surface area contributed by atoms with Crippen LogP contribution in [0.1, 0.15) is 28.2 Å². The standard InChI is InChI=1S/C24H25F2N3OS/c1-17(27-24(30)22-19(25)9-5-10-20(22)26)23(21-11-6-16-31-21)29-14-12-28(13-15-29)18-7-3-2-4-8-18/h2-11,16-17,23H,12-15H2,1H3,(H,27,30)/t17-,23-/m0/s1. The van der Waals surface area contributed by atoms with Gasteiger partial charge in [-0.1, -0.05) is 30.3 Å². The van der Waals surface area contributed by atoms with Crippen LogP contribution in [0.4, 0.5) is 14.5 Å². The maximum atomic E-state index is 14.1. The number of para-hydroxylation sites is 1. The Kier molecular flexibility index (Phi) is 6.63. The molecule has 2 aromatic carbocycles. The van der Waals surface area contributed by atoms with E-state index < -0.39 is 23.1 Å². The number of rotatable bonds is 6. The van der Waals surface area contributed by atoms with Crippen LogP contribution < -0.4 is 10.2 Å². The van der Waals surface area contributed by atoms with Gasteiger partial charge in [0.25, 0.3) is 5.91 Å². The van der Waals surface area contributed by atoms with Crippen LogP contribution in [-0.2, 0) is 0 Å². The van der Waals surface area contributed by atoms with E-state index in [9.17, 15) is 13.6 Å². The number of halogens is 2. The van der Waals surface area contributed by atoms with Crippen LogP contribution in [-0.4, -0.2) is 43.0 Å². The summed E-state index contributed by atoms with van der Waals surface area (Å²) < 4.78 is 28.1. The molecule has 0 saturated carbocycles. The second kappa shape index (κ2) is 9.58. The van der Waals surface area contributed by atoms with Crippen LogP contribution in [0.5, 0.6) is 0 Å². The van der Waals surface area contributed by atoms with Gasteiger partial charge in [-0.05, 0) is 42.6 Å². The molecule has 1 amide bonds. The predicted octanol–water partition coefficient (Wildman–Crippen LogP) is 4.71. The van der Waals surface area contributed by atoms with Gasteiger partial charge >= 0.3 is 0 Å². The third-order valence-corrected chi connectivity index (χ3v) is 6.63. The van der Waals surface area contributed by atoms with Crippen LogP contribution in [0.25, 0.3) is 0 Å². The molecule has 3 aromatic rings. The van der Waals surface area contributed by atoms with Crippen molar-refractivity contribution in [3.05, 3.63) is 88.1 Å². The van der Waals surface area contributed by atoms with Gasteiger partial charge in [0.05, 0.1) is 6.04 Å². The molecule has 2 heterocycles. The highest BCUT2D eigenvalue weighted by molar-refractivity contribution is 7.10. The van der Waals surface area contributed by atoms with Crippen molar-refractivity contribution in [3.63, 3.8) is 0 Å². The number of hydrogen-bond acceptors (Lipinski definition) is 4. The van der Waals surface area contributed by atoms with Gasteiger partial charge in [0.2, 0.25) is 0 Å². The Hall–Kier alpha value is -2.77. The Bertz CT molecular complexity index is 985. The van der Waals surface area contributed by atoms with Gasteiger partial charge in [-0.25, -0.2) is 8.78 Å². The molecule has 0 radical (unpaired) electrons. The summed E-state index contributed by atoms with van der Waals surface area (Å²) in [5.41, 5.74) is 0.666. The van der Waals surface area contributed by atoms with E-state index in [4.69, 9.17) is 0 Å². The summed E-state index contributed by atoms with van der Waals surface area (Å²) in [7, 11) is 0. The lowest BCUT2D eigenvalue weighted by atomic mass is 10.0. The number of piperazine rings is 1. The Morgan fingerprint density at radius 3 is 2.23 bits per heavy atom. The number of thiophene rings is 1. The van der Waals surface area contributed by atoms with E-state index in [2.05, 4.69) is 27.2 Å².